The molecular formula is C21H24F3N3O3Si. The maximum absolute atomic E-state index is 13.1. The van der Waals surface area contributed by atoms with E-state index in [1.807, 2.05) is 0 Å². The van der Waals surface area contributed by atoms with Gasteiger partial charge in [-0.1, -0.05) is 37.0 Å². The minimum Gasteiger partial charge on any atom is -0.493 e. The summed E-state index contributed by atoms with van der Waals surface area (Å²) in [5.74, 6) is 1.29. The van der Waals surface area contributed by atoms with E-state index in [1.165, 1.54) is 33.5 Å². The van der Waals surface area contributed by atoms with Crippen LogP contribution in [-0.4, -0.2) is 44.4 Å². The fourth-order valence-corrected chi connectivity index (χ4v) is 4.54. The van der Waals surface area contributed by atoms with E-state index in [0.29, 0.717) is 34.2 Å². The molecule has 0 bridgehead atoms. The summed E-state index contributed by atoms with van der Waals surface area (Å²) in [5, 5.41) is 9.52. The van der Waals surface area contributed by atoms with Gasteiger partial charge >= 0.3 is 6.18 Å². The molecule has 0 N–H and O–H groups in total. The Balaban J connectivity index is 2.25. The molecule has 6 nitrogen and oxygen atoms in total. The first kappa shape index (κ1) is 22.7. The summed E-state index contributed by atoms with van der Waals surface area (Å²) in [7, 11) is 2.53. The van der Waals surface area contributed by atoms with Crippen LogP contribution in [0.2, 0.25) is 19.6 Å². The van der Waals surface area contributed by atoms with E-state index in [1.54, 1.807) is 16.8 Å². The molecule has 10 heteroatoms. The third-order valence-corrected chi connectivity index (χ3v) is 6.52. The van der Waals surface area contributed by atoms with Gasteiger partial charge in [-0.2, -0.15) is 13.2 Å². The Morgan fingerprint density at radius 2 is 1.42 bits per heavy atom. The average molecular weight is 452 g/mol. The van der Waals surface area contributed by atoms with Crippen molar-refractivity contribution >= 4 is 13.4 Å². The van der Waals surface area contributed by atoms with Crippen molar-refractivity contribution in [2.45, 2.75) is 25.8 Å². The zero-order valence-electron chi connectivity index (χ0n) is 18.2. The molecule has 3 rings (SSSR count). The number of halogens is 3. The van der Waals surface area contributed by atoms with Crippen molar-refractivity contribution in [1.29, 1.82) is 0 Å². The molecule has 166 valence electrons. The normalized spacial score (nSPS) is 12.0. The number of alkyl halides is 3. The molecule has 0 aliphatic heterocycles. The summed E-state index contributed by atoms with van der Waals surface area (Å²) >= 11 is 0. The Kier molecular flexibility index (Phi) is 6.04. The summed E-state index contributed by atoms with van der Waals surface area (Å²) in [6.45, 7) is 6.30. The first-order valence-electron chi connectivity index (χ1n) is 9.45. The zero-order chi connectivity index (χ0) is 23.0. The minimum absolute atomic E-state index is 0.426. The number of methoxy groups -OCH3 is 3. The van der Waals surface area contributed by atoms with Crippen LogP contribution in [0.25, 0.3) is 16.9 Å². The molecule has 0 amide bonds. The summed E-state index contributed by atoms with van der Waals surface area (Å²) in [5.41, 5.74) is 1.10. The van der Waals surface area contributed by atoms with Gasteiger partial charge in [-0.25, -0.2) is 4.68 Å². The Morgan fingerprint density at radius 3 is 1.84 bits per heavy atom. The molecule has 0 fully saturated rings. The molecule has 3 aromatic rings. The molecule has 0 radical (unpaired) electrons. The molecule has 0 saturated carbocycles. The number of ether oxygens (including phenoxy) is 3. The quantitative estimate of drug-likeness (QED) is 0.516. The molecule has 0 spiro atoms. The second-order valence-electron chi connectivity index (χ2n) is 7.91. The highest BCUT2D eigenvalue weighted by molar-refractivity contribution is 6.89. The molecule has 2 aromatic carbocycles. The van der Waals surface area contributed by atoms with Crippen molar-refractivity contribution in [3.8, 4) is 34.2 Å². The molecule has 31 heavy (non-hydrogen) atoms. The van der Waals surface area contributed by atoms with Gasteiger partial charge in [0.25, 0.3) is 0 Å². The lowest BCUT2D eigenvalue weighted by atomic mass is 10.1. The lowest BCUT2D eigenvalue weighted by Gasteiger charge is -2.18. The topological polar surface area (TPSA) is 58.4 Å². The second-order valence-corrected chi connectivity index (χ2v) is 12.9. The van der Waals surface area contributed by atoms with Crippen LogP contribution in [0.3, 0.4) is 0 Å². The summed E-state index contributed by atoms with van der Waals surface area (Å²) < 4.78 is 57.0. The SMILES string of the molecule is COc1cc(-n2nnc([Si](C)(C)C)c2-c2ccc(C(F)(F)F)cc2)cc(OC)c1OC. The van der Waals surface area contributed by atoms with E-state index in [4.69, 9.17) is 14.2 Å². The van der Waals surface area contributed by atoms with Crippen molar-refractivity contribution in [2.75, 3.05) is 21.3 Å². The van der Waals surface area contributed by atoms with Gasteiger partial charge in [-0.05, 0) is 12.1 Å². The average Bonchev–Trinajstić information content (AvgIpc) is 3.17. The highest BCUT2D eigenvalue weighted by Crippen LogP contribution is 2.40. The van der Waals surface area contributed by atoms with Crippen LogP contribution in [0.4, 0.5) is 13.2 Å². The van der Waals surface area contributed by atoms with Crippen molar-refractivity contribution in [3.05, 3.63) is 42.0 Å². The van der Waals surface area contributed by atoms with E-state index in [-0.39, 0.29) is 0 Å². The van der Waals surface area contributed by atoms with E-state index in [0.717, 1.165) is 17.4 Å². The molecule has 0 saturated heterocycles. The maximum Gasteiger partial charge on any atom is 0.416 e. The van der Waals surface area contributed by atoms with E-state index in [2.05, 4.69) is 30.0 Å². The van der Waals surface area contributed by atoms with Crippen LogP contribution in [-0.2, 0) is 6.18 Å². The minimum atomic E-state index is -4.41. The second kappa shape index (κ2) is 8.25. The van der Waals surface area contributed by atoms with Gasteiger partial charge in [-0.15, -0.1) is 5.10 Å². The van der Waals surface area contributed by atoms with Gasteiger partial charge in [0.05, 0.1) is 43.6 Å². The van der Waals surface area contributed by atoms with Crippen LogP contribution in [0.15, 0.2) is 36.4 Å². The van der Waals surface area contributed by atoms with Gasteiger partial charge in [0.1, 0.15) is 8.07 Å². The van der Waals surface area contributed by atoms with E-state index < -0.39 is 19.8 Å². The highest BCUT2D eigenvalue weighted by Gasteiger charge is 2.32. The van der Waals surface area contributed by atoms with Crippen LogP contribution >= 0.6 is 0 Å². The standard InChI is InChI=1S/C21H24F3N3O3Si/c1-28-16-11-15(12-17(29-2)19(16)30-3)27-18(20(25-26-27)31(4,5)6)13-7-9-14(10-8-13)21(22,23)24/h7-12H,1-6H3. The fraction of sp³-hybridized carbons (Fsp3) is 0.333. The van der Waals surface area contributed by atoms with Gasteiger partial charge in [0, 0.05) is 17.7 Å². The molecule has 1 aromatic heterocycles. The van der Waals surface area contributed by atoms with E-state index in [9.17, 15) is 13.2 Å². The Hall–Kier alpha value is -3.01. The predicted octanol–water partition coefficient (Wildman–Crippen LogP) is 4.52. The molecule has 0 unspecified atom stereocenters. The van der Waals surface area contributed by atoms with Gasteiger partial charge < -0.3 is 14.2 Å². The predicted molar refractivity (Wildman–Crippen MR) is 114 cm³/mol. The number of benzene rings is 2. The first-order chi connectivity index (χ1) is 14.5. The summed E-state index contributed by atoms with van der Waals surface area (Å²) in [6.07, 6.45) is -4.41. The van der Waals surface area contributed by atoms with E-state index >= 15 is 0 Å². The third kappa shape index (κ3) is 4.39. The first-order valence-corrected chi connectivity index (χ1v) is 13.0. The number of nitrogens with zero attached hydrogens (tertiary/aromatic N) is 3. The fourth-order valence-electron chi connectivity index (χ4n) is 3.23. The largest absolute Gasteiger partial charge is 0.493 e. The van der Waals surface area contributed by atoms with Crippen LogP contribution in [0, 0.1) is 0 Å². The number of hydrogen-bond donors (Lipinski definition) is 0. The molecule has 1 heterocycles. The number of aromatic nitrogens is 3. The lowest BCUT2D eigenvalue weighted by molar-refractivity contribution is -0.137. The highest BCUT2D eigenvalue weighted by atomic mass is 28.3. The monoisotopic (exact) mass is 451 g/mol. The van der Waals surface area contributed by atoms with Crippen LogP contribution < -0.4 is 19.5 Å². The van der Waals surface area contributed by atoms with Gasteiger partial charge in [0.15, 0.2) is 11.5 Å². The Bertz CT molecular complexity index is 1050. The molecule has 0 atom stereocenters. The van der Waals surface area contributed by atoms with Crippen LogP contribution in [0.5, 0.6) is 17.2 Å². The van der Waals surface area contributed by atoms with Crippen molar-refractivity contribution in [1.82, 2.24) is 15.0 Å². The third-order valence-electron chi connectivity index (χ3n) is 4.76. The molecule has 0 aliphatic carbocycles. The maximum atomic E-state index is 13.1. The van der Waals surface area contributed by atoms with Crippen molar-refractivity contribution in [3.63, 3.8) is 0 Å². The Labute approximate surface area is 179 Å². The zero-order valence-corrected chi connectivity index (χ0v) is 19.2. The smallest absolute Gasteiger partial charge is 0.416 e. The lowest BCUT2D eigenvalue weighted by Crippen LogP contribution is -2.40. The Morgan fingerprint density at radius 1 is 0.871 bits per heavy atom. The van der Waals surface area contributed by atoms with Crippen LogP contribution in [0.1, 0.15) is 5.56 Å². The van der Waals surface area contributed by atoms with Crippen molar-refractivity contribution < 1.29 is 27.4 Å². The molecular weight excluding hydrogens is 427 g/mol. The summed E-state index contributed by atoms with van der Waals surface area (Å²) in [6, 6.07) is 8.46. The van der Waals surface area contributed by atoms with Crippen molar-refractivity contribution in [2.24, 2.45) is 0 Å². The number of hydrogen-bond acceptors (Lipinski definition) is 5. The molecule has 0 aliphatic rings. The number of rotatable bonds is 6. The van der Waals surface area contributed by atoms with Gasteiger partial charge in [0.2, 0.25) is 5.75 Å². The van der Waals surface area contributed by atoms with Gasteiger partial charge in [-0.3, -0.25) is 0 Å². The summed E-state index contributed by atoms with van der Waals surface area (Å²) in [4.78, 5) is 0.